The van der Waals surface area contributed by atoms with E-state index >= 15 is 0 Å². The molecule has 0 fully saturated rings. The van der Waals surface area contributed by atoms with Crippen molar-refractivity contribution in [3.05, 3.63) is 46.0 Å². The number of nitrogens with one attached hydrogen (secondary N) is 1. The second kappa shape index (κ2) is 5.69. The third-order valence-electron chi connectivity index (χ3n) is 2.80. The largest absolute Gasteiger partial charge is 0.320 e. The first kappa shape index (κ1) is 13.3. The quantitative estimate of drug-likeness (QED) is 0.939. The third kappa shape index (κ3) is 3.02. The molecule has 0 amide bonds. The fourth-order valence-electron chi connectivity index (χ4n) is 1.67. The molecule has 2 rings (SSSR count). The fraction of sp³-hybridized carbons (Fsp3) is 0.333. The van der Waals surface area contributed by atoms with E-state index in [1.54, 1.807) is 12.4 Å². The zero-order chi connectivity index (χ0) is 13.1. The van der Waals surface area contributed by atoms with Crippen LogP contribution >= 0.6 is 23.2 Å². The van der Waals surface area contributed by atoms with Crippen LogP contribution in [0.25, 0.3) is 0 Å². The predicted molar refractivity (Wildman–Crippen MR) is 72.7 cm³/mol. The number of aryl methyl sites for hydroxylation is 1. The van der Waals surface area contributed by atoms with Crippen molar-refractivity contribution < 1.29 is 0 Å². The molecule has 0 bridgehead atoms. The van der Waals surface area contributed by atoms with Gasteiger partial charge in [-0.3, -0.25) is 0 Å². The third-order valence-corrected chi connectivity index (χ3v) is 3.36. The second-order valence-electron chi connectivity index (χ2n) is 4.13. The topological polar surface area (TPSA) is 42.7 Å². The Bertz CT molecular complexity index is 539. The molecule has 1 aromatic carbocycles. The average Bonchev–Trinajstić information content (AvgIpc) is 2.72. The van der Waals surface area contributed by atoms with Gasteiger partial charge in [0.1, 0.15) is 12.2 Å². The van der Waals surface area contributed by atoms with Crippen molar-refractivity contribution in [3.8, 4) is 0 Å². The number of halogens is 2. The van der Waals surface area contributed by atoms with Gasteiger partial charge in [0.05, 0.1) is 6.54 Å². The molecular weight excluding hydrogens is 271 g/mol. The van der Waals surface area contributed by atoms with E-state index in [1.807, 2.05) is 30.7 Å². The summed E-state index contributed by atoms with van der Waals surface area (Å²) < 4.78 is 1.88. The van der Waals surface area contributed by atoms with Gasteiger partial charge in [-0.25, -0.2) is 0 Å². The summed E-state index contributed by atoms with van der Waals surface area (Å²) in [5.74, 6) is 0.881. The van der Waals surface area contributed by atoms with Crippen molar-refractivity contribution in [3.63, 3.8) is 0 Å². The molecule has 0 saturated heterocycles. The van der Waals surface area contributed by atoms with Gasteiger partial charge < -0.3 is 9.88 Å². The first-order chi connectivity index (χ1) is 8.58. The average molecular weight is 285 g/mol. The highest BCUT2D eigenvalue weighted by atomic mass is 35.5. The number of nitrogens with zero attached hydrogens (tertiary/aromatic N) is 3. The summed E-state index contributed by atoms with van der Waals surface area (Å²) in [6.07, 6.45) is 1.68. The van der Waals surface area contributed by atoms with Crippen LogP contribution in [0.1, 0.15) is 24.4 Å². The van der Waals surface area contributed by atoms with Gasteiger partial charge in [-0.1, -0.05) is 29.3 Å². The maximum atomic E-state index is 6.16. The highest BCUT2D eigenvalue weighted by Gasteiger charge is 2.10. The molecule has 1 N–H and O–H groups in total. The van der Waals surface area contributed by atoms with Crippen LogP contribution in [0.2, 0.25) is 10.0 Å². The molecule has 1 unspecified atom stereocenters. The van der Waals surface area contributed by atoms with Crippen LogP contribution in [0.15, 0.2) is 24.5 Å². The molecule has 2 aromatic rings. The lowest BCUT2D eigenvalue weighted by Crippen LogP contribution is -2.20. The first-order valence-corrected chi connectivity index (χ1v) is 6.34. The van der Waals surface area contributed by atoms with Gasteiger partial charge >= 0.3 is 0 Å². The number of hydrogen-bond acceptors (Lipinski definition) is 3. The summed E-state index contributed by atoms with van der Waals surface area (Å²) in [6, 6.07) is 5.63. The highest BCUT2D eigenvalue weighted by molar-refractivity contribution is 6.35. The molecule has 1 heterocycles. The predicted octanol–water partition coefficient (Wildman–Crippen LogP) is 2.97. The molecule has 0 aliphatic carbocycles. The summed E-state index contributed by atoms with van der Waals surface area (Å²) in [5.41, 5.74) is 1.02. The van der Waals surface area contributed by atoms with Crippen molar-refractivity contribution in [2.45, 2.75) is 19.5 Å². The standard InChI is InChI=1S/C12H14Cl2N4/c1-8(10-4-3-9(13)5-11(10)14)15-6-12-17-16-7-18(12)2/h3-5,7-8,15H,6H2,1-2H3. The molecule has 1 atom stereocenters. The minimum absolute atomic E-state index is 0.117. The van der Waals surface area contributed by atoms with E-state index < -0.39 is 0 Å². The van der Waals surface area contributed by atoms with Crippen molar-refractivity contribution in [1.82, 2.24) is 20.1 Å². The van der Waals surface area contributed by atoms with Crippen molar-refractivity contribution >= 4 is 23.2 Å². The molecule has 96 valence electrons. The van der Waals surface area contributed by atoms with Crippen LogP contribution < -0.4 is 5.32 Å². The Hall–Kier alpha value is -1.10. The van der Waals surface area contributed by atoms with Gasteiger partial charge in [-0.05, 0) is 24.6 Å². The minimum atomic E-state index is 0.117. The molecule has 6 heteroatoms. The Balaban J connectivity index is 2.03. The van der Waals surface area contributed by atoms with Crippen molar-refractivity contribution in [2.75, 3.05) is 0 Å². The summed E-state index contributed by atoms with van der Waals surface area (Å²) in [5, 5.41) is 12.5. The van der Waals surface area contributed by atoms with Crippen LogP contribution in [-0.4, -0.2) is 14.8 Å². The lowest BCUT2D eigenvalue weighted by atomic mass is 10.1. The smallest absolute Gasteiger partial charge is 0.146 e. The van der Waals surface area contributed by atoms with E-state index in [0.717, 1.165) is 11.4 Å². The number of rotatable bonds is 4. The lowest BCUT2D eigenvalue weighted by Gasteiger charge is -2.15. The Morgan fingerprint density at radius 3 is 2.78 bits per heavy atom. The van der Waals surface area contributed by atoms with E-state index in [2.05, 4.69) is 15.5 Å². The maximum Gasteiger partial charge on any atom is 0.146 e. The van der Waals surface area contributed by atoms with Gasteiger partial charge in [0.15, 0.2) is 0 Å². The zero-order valence-corrected chi connectivity index (χ0v) is 11.7. The van der Waals surface area contributed by atoms with Crippen molar-refractivity contribution in [2.24, 2.45) is 7.05 Å². The van der Waals surface area contributed by atoms with Crippen LogP contribution in [0.4, 0.5) is 0 Å². The Morgan fingerprint density at radius 1 is 1.39 bits per heavy atom. The molecule has 1 aromatic heterocycles. The van der Waals surface area contributed by atoms with Crippen LogP contribution in [-0.2, 0) is 13.6 Å². The fourth-order valence-corrected chi connectivity index (χ4v) is 2.25. The van der Waals surface area contributed by atoms with Gasteiger partial charge in [0, 0.05) is 23.1 Å². The lowest BCUT2D eigenvalue weighted by molar-refractivity contribution is 0.548. The molecule has 0 aliphatic heterocycles. The number of hydrogen-bond donors (Lipinski definition) is 1. The summed E-state index contributed by atoms with van der Waals surface area (Å²) in [4.78, 5) is 0. The van der Waals surface area contributed by atoms with Crippen molar-refractivity contribution in [1.29, 1.82) is 0 Å². The van der Waals surface area contributed by atoms with Gasteiger partial charge in [-0.15, -0.1) is 10.2 Å². The molecule has 18 heavy (non-hydrogen) atoms. The Morgan fingerprint density at radius 2 is 2.17 bits per heavy atom. The number of aromatic nitrogens is 3. The van der Waals surface area contributed by atoms with E-state index in [0.29, 0.717) is 16.6 Å². The van der Waals surface area contributed by atoms with E-state index in [9.17, 15) is 0 Å². The zero-order valence-electron chi connectivity index (χ0n) is 10.2. The van der Waals surface area contributed by atoms with E-state index in [4.69, 9.17) is 23.2 Å². The van der Waals surface area contributed by atoms with Crippen LogP contribution in [0.3, 0.4) is 0 Å². The summed E-state index contributed by atoms with van der Waals surface area (Å²) in [7, 11) is 1.91. The summed E-state index contributed by atoms with van der Waals surface area (Å²) >= 11 is 12.0. The minimum Gasteiger partial charge on any atom is -0.320 e. The maximum absolute atomic E-state index is 6.16. The molecule has 4 nitrogen and oxygen atoms in total. The molecule has 0 saturated carbocycles. The molecule has 0 aliphatic rings. The monoisotopic (exact) mass is 284 g/mol. The SMILES string of the molecule is CC(NCc1nncn1C)c1ccc(Cl)cc1Cl. The molecule has 0 radical (unpaired) electrons. The highest BCUT2D eigenvalue weighted by Crippen LogP contribution is 2.26. The van der Waals surface area contributed by atoms with Crippen LogP contribution in [0, 0.1) is 0 Å². The Kier molecular flexibility index (Phi) is 4.22. The summed E-state index contributed by atoms with van der Waals surface area (Å²) in [6.45, 7) is 2.68. The van der Waals surface area contributed by atoms with Gasteiger partial charge in [0.25, 0.3) is 0 Å². The van der Waals surface area contributed by atoms with E-state index in [1.165, 1.54) is 0 Å². The molecular formula is C12H14Cl2N4. The second-order valence-corrected chi connectivity index (χ2v) is 4.97. The van der Waals surface area contributed by atoms with Crippen LogP contribution in [0.5, 0.6) is 0 Å². The number of benzene rings is 1. The van der Waals surface area contributed by atoms with Gasteiger partial charge in [-0.2, -0.15) is 0 Å². The molecule has 0 spiro atoms. The first-order valence-electron chi connectivity index (χ1n) is 5.59. The normalized spacial score (nSPS) is 12.7. The van der Waals surface area contributed by atoms with E-state index in [-0.39, 0.29) is 6.04 Å². The Labute approximate surface area is 116 Å². The van der Waals surface area contributed by atoms with Gasteiger partial charge in [0.2, 0.25) is 0 Å².